The van der Waals surface area contributed by atoms with E-state index in [-0.39, 0.29) is 11.6 Å². The van der Waals surface area contributed by atoms with Crippen molar-refractivity contribution < 1.29 is 9.72 Å². The van der Waals surface area contributed by atoms with Crippen LogP contribution in [0.3, 0.4) is 0 Å². The molecule has 2 aromatic heterocycles. The number of nitrogens with one attached hydrogen (secondary N) is 1. The molecule has 0 atom stereocenters. The van der Waals surface area contributed by atoms with Crippen molar-refractivity contribution in [1.29, 1.82) is 0 Å². The number of thiophene rings is 1. The molecule has 0 aliphatic rings. The largest absolute Gasteiger partial charge is 0.349 e. The van der Waals surface area contributed by atoms with Crippen LogP contribution in [-0.4, -0.2) is 28.9 Å². The fourth-order valence-electron chi connectivity index (χ4n) is 2.35. The number of carbonyl (C=O) groups is 1. The molecule has 0 saturated carbocycles. The molecule has 130 valence electrons. The second-order valence-electron chi connectivity index (χ2n) is 5.21. The number of nitro benzene ring substituents is 1. The molecule has 3 aromatic rings. The predicted octanol–water partition coefficient (Wildman–Crippen LogP) is 4.36. The Morgan fingerprint density at radius 1 is 1.28 bits per heavy atom. The number of aromatic nitrogens is 1. The summed E-state index contributed by atoms with van der Waals surface area (Å²) in [6.45, 7) is 5.93. The van der Waals surface area contributed by atoms with E-state index in [0.29, 0.717) is 10.6 Å². The zero-order chi connectivity index (χ0) is 18.0. The normalized spacial score (nSPS) is 10.8. The highest BCUT2D eigenvalue weighted by atomic mass is 32.1. The van der Waals surface area contributed by atoms with Crippen LogP contribution in [-0.2, 0) is 0 Å². The molecule has 2 heterocycles. The quantitative estimate of drug-likeness (QED) is 0.510. The van der Waals surface area contributed by atoms with Crippen molar-refractivity contribution in [2.45, 2.75) is 13.8 Å². The smallest absolute Gasteiger partial charge is 0.271 e. The van der Waals surface area contributed by atoms with Crippen LogP contribution < -0.4 is 10.2 Å². The van der Waals surface area contributed by atoms with E-state index >= 15 is 0 Å². The van der Waals surface area contributed by atoms with Crippen molar-refractivity contribution in [1.82, 2.24) is 4.98 Å². The molecule has 0 saturated heterocycles. The van der Waals surface area contributed by atoms with Gasteiger partial charge in [-0.15, -0.1) is 11.3 Å². The number of fused-ring (bicyclic) bond motifs is 1. The number of hydrogen-bond acceptors (Lipinski definition) is 7. The van der Waals surface area contributed by atoms with Gasteiger partial charge in [-0.2, -0.15) is 0 Å². The Morgan fingerprint density at radius 2 is 2.04 bits per heavy atom. The summed E-state index contributed by atoms with van der Waals surface area (Å²) < 4.78 is 0.969. The summed E-state index contributed by atoms with van der Waals surface area (Å²) in [6, 6.07) is 7.70. The van der Waals surface area contributed by atoms with Gasteiger partial charge >= 0.3 is 0 Å². The molecule has 1 aromatic carbocycles. The molecular weight excluding hydrogens is 360 g/mol. The summed E-state index contributed by atoms with van der Waals surface area (Å²) in [5.74, 6) is -0.292. The lowest BCUT2D eigenvalue weighted by atomic mass is 10.3. The first-order chi connectivity index (χ1) is 12.0. The summed E-state index contributed by atoms with van der Waals surface area (Å²) in [4.78, 5) is 30.8. The van der Waals surface area contributed by atoms with Gasteiger partial charge in [-0.05, 0) is 26.0 Å². The standard InChI is InChI=1S/C16H16N4O3S2/c1-3-19(4-2)16-18-15-13(25-16)9-12(24-15)14(21)17-10-6-5-7-11(8-10)20(22)23/h5-9H,3-4H2,1-2H3,(H,17,21). The average Bonchev–Trinajstić information content (AvgIpc) is 3.15. The van der Waals surface area contributed by atoms with Gasteiger partial charge in [-0.25, -0.2) is 4.98 Å². The zero-order valence-corrected chi connectivity index (χ0v) is 15.3. The second kappa shape index (κ2) is 7.16. The molecule has 0 aliphatic heterocycles. The fraction of sp³-hybridized carbons (Fsp3) is 0.250. The van der Waals surface area contributed by atoms with E-state index < -0.39 is 4.92 Å². The van der Waals surface area contributed by atoms with E-state index in [2.05, 4.69) is 29.0 Å². The lowest BCUT2D eigenvalue weighted by Crippen LogP contribution is -2.21. The van der Waals surface area contributed by atoms with Crippen molar-refractivity contribution in [3.8, 4) is 0 Å². The van der Waals surface area contributed by atoms with Crippen LogP contribution in [0.4, 0.5) is 16.5 Å². The molecule has 0 spiro atoms. The first kappa shape index (κ1) is 17.3. The molecule has 1 N–H and O–H groups in total. The molecule has 0 fully saturated rings. The van der Waals surface area contributed by atoms with Gasteiger partial charge in [0.25, 0.3) is 11.6 Å². The molecule has 0 unspecified atom stereocenters. The number of benzene rings is 1. The molecule has 0 bridgehead atoms. The third-order valence-corrected chi connectivity index (χ3v) is 5.87. The van der Waals surface area contributed by atoms with Gasteiger partial charge in [0, 0.05) is 30.9 Å². The van der Waals surface area contributed by atoms with Gasteiger partial charge in [0.15, 0.2) is 5.13 Å². The molecule has 7 nitrogen and oxygen atoms in total. The van der Waals surface area contributed by atoms with Crippen molar-refractivity contribution in [2.24, 2.45) is 0 Å². The number of thiazole rings is 1. The van der Waals surface area contributed by atoms with Crippen LogP contribution in [0, 0.1) is 10.1 Å². The summed E-state index contributed by atoms with van der Waals surface area (Å²) in [5, 5.41) is 14.5. The Morgan fingerprint density at radius 3 is 2.68 bits per heavy atom. The third kappa shape index (κ3) is 3.62. The van der Waals surface area contributed by atoms with Crippen molar-refractivity contribution in [3.05, 3.63) is 45.3 Å². The van der Waals surface area contributed by atoms with E-state index in [1.54, 1.807) is 23.5 Å². The number of non-ortho nitro benzene ring substituents is 1. The van der Waals surface area contributed by atoms with Gasteiger partial charge < -0.3 is 10.2 Å². The Kier molecular flexibility index (Phi) is 4.95. The summed E-state index contributed by atoms with van der Waals surface area (Å²) in [5.41, 5.74) is 0.336. The summed E-state index contributed by atoms with van der Waals surface area (Å²) >= 11 is 2.88. The Balaban J connectivity index is 1.79. The maximum Gasteiger partial charge on any atom is 0.271 e. The number of anilines is 2. The van der Waals surface area contributed by atoms with Crippen molar-refractivity contribution in [3.63, 3.8) is 0 Å². The predicted molar refractivity (Wildman–Crippen MR) is 102 cm³/mol. The second-order valence-corrected chi connectivity index (χ2v) is 7.25. The Labute approximate surface area is 152 Å². The van der Waals surface area contributed by atoms with Gasteiger partial charge in [0.05, 0.1) is 14.5 Å². The monoisotopic (exact) mass is 376 g/mol. The van der Waals surface area contributed by atoms with Crippen molar-refractivity contribution >= 4 is 54.6 Å². The molecule has 0 aliphatic carbocycles. The first-order valence-electron chi connectivity index (χ1n) is 7.73. The molecule has 9 heteroatoms. The fourth-order valence-corrected chi connectivity index (χ4v) is 4.59. The molecular formula is C16H16N4O3S2. The van der Waals surface area contributed by atoms with Crippen molar-refractivity contribution in [2.75, 3.05) is 23.3 Å². The number of rotatable bonds is 6. The average molecular weight is 376 g/mol. The highest BCUT2D eigenvalue weighted by Crippen LogP contribution is 2.35. The van der Waals surface area contributed by atoms with Gasteiger partial charge in [-0.1, -0.05) is 17.4 Å². The van der Waals surface area contributed by atoms with Crippen LogP contribution in [0.2, 0.25) is 0 Å². The van der Waals surface area contributed by atoms with E-state index in [1.807, 2.05) is 6.07 Å². The van der Waals surface area contributed by atoms with E-state index in [0.717, 1.165) is 27.8 Å². The van der Waals surface area contributed by atoms with Gasteiger partial charge in [0.1, 0.15) is 4.83 Å². The van der Waals surface area contributed by atoms with Crippen LogP contribution in [0.5, 0.6) is 0 Å². The summed E-state index contributed by atoms with van der Waals surface area (Å²) in [6.07, 6.45) is 0. The van der Waals surface area contributed by atoms with Gasteiger partial charge in [-0.3, -0.25) is 14.9 Å². The van der Waals surface area contributed by atoms with Crippen LogP contribution >= 0.6 is 22.7 Å². The number of nitro groups is 1. The number of hydrogen-bond donors (Lipinski definition) is 1. The van der Waals surface area contributed by atoms with Crippen LogP contribution in [0.15, 0.2) is 30.3 Å². The molecule has 0 radical (unpaired) electrons. The minimum Gasteiger partial charge on any atom is -0.349 e. The Hall–Kier alpha value is -2.52. The van der Waals surface area contributed by atoms with E-state index in [1.165, 1.54) is 23.5 Å². The minimum atomic E-state index is -0.491. The lowest BCUT2D eigenvalue weighted by Gasteiger charge is -2.16. The van der Waals surface area contributed by atoms with E-state index in [9.17, 15) is 14.9 Å². The van der Waals surface area contributed by atoms with Crippen LogP contribution in [0.25, 0.3) is 9.53 Å². The zero-order valence-electron chi connectivity index (χ0n) is 13.7. The highest BCUT2D eigenvalue weighted by Gasteiger charge is 2.16. The maximum absolute atomic E-state index is 12.4. The number of nitrogens with zero attached hydrogens (tertiary/aromatic N) is 3. The van der Waals surface area contributed by atoms with Gasteiger partial charge in [0.2, 0.25) is 0 Å². The maximum atomic E-state index is 12.4. The first-order valence-corrected chi connectivity index (χ1v) is 9.36. The third-order valence-electron chi connectivity index (χ3n) is 3.65. The topological polar surface area (TPSA) is 88.4 Å². The number of carbonyl (C=O) groups excluding carboxylic acids is 1. The molecule has 1 amide bonds. The van der Waals surface area contributed by atoms with Crippen LogP contribution in [0.1, 0.15) is 23.5 Å². The SMILES string of the molecule is CCN(CC)c1nc2sc(C(=O)Nc3cccc([N+](=O)[O-])c3)cc2s1. The molecule has 25 heavy (non-hydrogen) atoms. The minimum absolute atomic E-state index is 0.0597. The lowest BCUT2D eigenvalue weighted by molar-refractivity contribution is -0.384. The van der Waals surface area contributed by atoms with E-state index in [4.69, 9.17) is 0 Å². The summed E-state index contributed by atoms with van der Waals surface area (Å²) in [7, 11) is 0. The highest BCUT2D eigenvalue weighted by molar-refractivity contribution is 7.29. The Bertz CT molecular complexity index is 899. The molecule has 3 rings (SSSR count). The number of amides is 1.